The number of likely N-dealkylation sites (tertiary alicyclic amines) is 4. The third-order valence-corrected chi connectivity index (χ3v) is 23.7. The number of aliphatic hydroxyl groups excluding tert-OH is 3. The fourth-order valence-corrected chi connectivity index (χ4v) is 17.6. The summed E-state index contributed by atoms with van der Waals surface area (Å²) in [6.45, 7) is 7.81. The van der Waals surface area contributed by atoms with Crippen LogP contribution >= 0.6 is 0 Å². The molecule has 4 aliphatic rings. The predicted octanol–water partition coefficient (Wildman–Crippen LogP) is -2.94. The van der Waals surface area contributed by atoms with Crippen molar-refractivity contribution in [3.63, 3.8) is 0 Å². The van der Waals surface area contributed by atoms with E-state index in [9.17, 15) is 66.6 Å². The molecule has 4 aliphatic heterocycles. The number of rotatable bonds is 64. The minimum Gasteiger partial charge on any atom is -0.392 e. The van der Waals surface area contributed by atoms with Crippen LogP contribution in [0.3, 0.4) is 0 Å². The lowest BCUT2D eigenvalue weighted by molar-refractivity contribution is -0.149. The van der Waals surface area contributed by atoms with E-state index >= 15 is 9.59 Å². The van der Waals surface area contributed by atoms with Gasteiger partial charge >= 0.3 is 0 Å². The van der Waals surface area contributed by atoms with Gasteiger partial charge in [-0.05, 0) is 193 Å². The Hall–Kier alpha value is -4.66. The van der Waals surface area contributed by atoms with Gasteiger partial charge in [0.15, 0.2) is 11.9 Å². The second-order valence-corrected chi connectivity index (χ2v) is 31.4. The van der Waals surface area contributed by atoms with E-state index in [2.05, 4.69) is 54.5 Å². The van der Waals surface area contributed by atoms with Crippen LogP contribution in [0.25, 0.3) is 0 Å². The molecule has 0 aromatic heterocycles. The van der Waals surface area contributed by atoms with Crippen molar-refractivity contribution in [3.05, 3.63) is 0 Å². The van der Waals surface area contributed by atoms with Gasteiger partial charge in [0.2, 0.25) is 23.6 Å². The number of nitrogens with one attached hydrogen (secondary N) is 12. The Morgan fingerprint density at radius 3 is 1.29 bits per heavy atom. The number of unbranched alkanes of at least 4 members (excludes halogenated alkanes) is 3. The summed E-state index contributed by atoms with van der Waals surface area (Å²) in [5.41, 5.74) is 55.5. The van der Waals surface area contributed by atoms with Gasteiger partial charge in [-0.25, -0.2) is 43.8 Å². The Morgan fingerprint density at radius 2 is 0.876 bits per heavy atom. The first-order valence-electron chi connectivity index (χ1n) is 41.3. The molecule has 41 heteroatoms. The van der Waals surface area contributed by atoms with Crippen molar-refractivity contribution in [1.29, 1.82) is 10.8 Å². The lowest BCUT2D eigenvalue weighted by Crippen LogP contribution is -2.62. The van der Waals surface area contributed by atoms with E-state index in [0.717, 1.165) is 6.42 Å². The molecule has 4 saturated heterocycles. The van der Waals surface area contributed by atoms with Crippen LogP contribution in [0.5, 0.6) is 0 Å². The molecule has 0 spiro atoms. The number of guanidine groups is 2. The van der Waals surface area contributed by atoms with Gasteiger partial charge in [0, 0.05) is 107 Å². The van der Waals surface area contributed by atoms with Gasteiger partial charge in [0.05, 0.1) is 81.4 Å². The van der Waals surface area contributed by atoms with Crippen molar-refractivity contribution < 1.29 is 90.4 Å². The van der Waals surface area contributed by atoms with Gasteiger partial charge in [-0.15, -0.1) is 0 Å². The minimum atomic E-state index is -1.12. The maximum Gasteiger partial charge on any atom is 0.245 e. The highest BCUT2D eigenvalue weighted by Crippen LogP contribution is 2.38. The lowest BCUT2D eigenvalue weighted by atomic mass is 9.73. The van der Waals surface area contributed by atoms with Crippen LogP contribution in [-0.4, -0.2) is 326 Å². The number of nitrogens with zero attached hydrogens (tertiary/aromatic N) is 5. The minimum absolute atomic E-state index is 0.0352. The molecule has 0 aromatic rings. The number of nitrogens with two attached hydrogens (primary N) is 6. The Balaban J connectivity index is 1.73. The Kier molecular flexibility index (Phi) is 50.5. The summed E-state index contributed by atoms with van der Waals surface area (Å²) >= 11 is 0. The molecule has 0 bridgehead atoms. The van der Waals surface area contributed by atoms with E-state index in [4.69, 9.17) is 59.4 Å². The number of amides is 4. The first kappa shape index (κ1) is 101. The van der Waals surface area contributed by atoms with E-state index in [1.54, 1.807) is 14.7 Å². The predicted molar refractivity (Wildman–Crippen MR) is 419 cm³/mol. The Bertz CT molecular complexity index is 2620. The van der Waals surface area contributed by atoms with Gasteiger partial charge in [0.1, 0.15) is 12.1 Å². The van der Waals surface area contributed by atoms with Crippen LogP contribution in [0.1, 0.15) is 181 Å². The molecule has 4 amide bonds. The molecule has 21 atom stereocenters. The van der Waals surface area contributed by atoms with E-state index in [0.29, 0.717) is 168 Å². The molecule has 41 nitrogen and oxygen atoms in total. The molecule has 0 radical (unpaired) electrons. The maximum absolute atomic E-state index is 15.4. The highest BCUT2D eigenvalue weighted by Gasteiger charge is 2.51. The average Bonchev–Trinajstić information content (AvgIpc) is 1.70. The number of hydrogen-bond donors (Lipinski definition) is 29. The Morgan fingerprint density at radius 1 is 0.469 bits per heavy atom. The number of hydroxylamine groups is 8. The number of ether oxygens (including phenoxy) is 3. The molecular formula is C72H149N23O18. The number of carbonyl (C=O) groups excluding carboxylic acids is 4. The molecule has 4 fully saturated rings. The molecule has 4 heterocycles. The molecule has 660 valence electrons. The first-order valence-corrected chi connectivity index (χ1v) is 41.3. The van der Waals surface area contributed by atoms with Crippen LogP contribution < -0.4 is 88.9 Å². The van der Waals surface area contributed by atoms with Gasteiger partial charge in [-0.2, -0.15) is 0 Å². The molecule has 35 N–H and O–H groups in total. The average molecular weight is 1630 g/mol. The van der Waals surface area contributed by atoms with E-state index in [1.807, 2.05) is 7.05 Å². The van der Waals surface area contributed by atoms with Gasteiger partial charge in [-0.3, -0.25) is 34.9 Å². The summed E-state index contributed by atoms with van der Waals surface area (Å²) in [7, 11) is 1.81. The summed E-state index contributed by atoms with van der Waals surface area (Å²) < 4.78 is 17.2. The number of carbonyl (C=O) groups is 4. The zero-order valence-electron chi connectivity index (χ0n) is 67.3. The zero-order chi connectivity index (χ0) is 83.4. The summed E-state index contributed by atoms with van der Waals surface area (Å²) in [6.07, 6.45) is 7.71. The maximum atomic E-state index is 15.4. The quantitative estimate of drug-likeness (QED) is 0.00952. The normalized spacial score (nSPS) is 22.1. The van der Waals surface area contributed by atoms with Crippen molar-refractivity contribution in [2.45, 2.75) is 278 Å². The van der Waals surface area contributed by atoms with Gasteiger partial charge < -0.3 is 136 Å². The summed E-state index contributed by atoms with van der Waals surface area (Å²) in [6, 6.07) is -13.0. The van der Waals surface area contributed by atoms with Crippen molar-refractivity contribution in [2.75, 3.05) is 112 Å². The number of aliphatic hydroxyl groups is 3. The molecule has 9 unspecified atom stereocenters. The second kappa shape index (κ2) is 56.7. The fraction of sp³-hybridized carbons (Fsp3) is 0.917. The lowest BCUT2D eigenvalue weighted by Gasteiger charge is -2.44. The highest BCUT2D eigenvalue weighted by atomic mass is 16.5. The third-order valence-electron chi connectivity index (χ3n) is 23.7. The highest BCUT2D eigenvalue weighted by molar-refractivity contribution is 5.91. The van der Waals surface area contributed by atoms with Crippen LogP contribution in [0.15, 0.2) is 0 Å². The zero-order valence-corrected chi connectivity index (χ0v) is 67.3. The van der Waals surface area contributed by atoms with Crippen molar-refractivity contribution in [3.8, 4) is 0 Å². The van der Waals surface area contributed by atoms with Crippen LogP contribution in [0.2, 0.25) is 0 Å². The van der Waals surface area contributed by atoms with E-state index < -0.39 is 138 Å². The van der Waals surface area contributed by atoms with Gasteiger partial charge in [0.25, 0.3) is 0 Å². The summed E-state index contributed by atoms with van der Waals surface area (Å²) in [5.74, 6) is -6.32. The molecular weight excluding hydrogens is 1470 g/mol. The fourth-order valence-electron chi connectivity index (χ4n) is 17.6. The van der Waals surface area contributed by atoms with Crippen molar-refractivity contribution in [1.82, 2.24) is 79.0 Å². The van der Waals surface area contributed by atoms with Crippen molar-refractivity contribution in [2.24, 2.45) is 64.0 Å². The Labute approximate surface area is 667 Å². The molecule has 0 saturated carbocycles. The molecule has 113 heavy (non-hydrogen) atoms. The first-order chi connectivity index (χ1) is 54.4. The van der Waals surface area contributed by atoms with E-state index in [1.165, 1.54) is 23.6 Å². The van der Waals surface area contributed by atoms with Gasteiger partial charge in [-0.1, -0.05) is 25.7 Å². The van der Waals surface area contributed by atoms with Crippen LogP contribution in [0, 0.1) is 40.4 Å². The smallest absolute Gasteiger partial charge is 0.245 e. The van der Waals surface area contributed by atoms with Crippen molar-refractivity contribution >= 4 is 35.5 Å². The summed E-state index contributed by atoms with van der Waals surface area (Å²) in [5, 5.41) is 141. The second-order valence-electron chi connectivity index (χ2n) is 31.4. The molecule has 0 aromatic carbocycles. The largest absolute Gasteiger partial charge is 0.392 e. The topological polar surface area (TPSA) is 659 Å². The SMILES string of the molecule is C[C@@H](O)[C@H](N)C(NO)[C@@H](CCCCN)C(=O)N1CCC[C@H]1C(=O)N1CCC[C@H]1C(NO)C(CCCNC(=N)N)C(NO)[C@H](CCCCC(NO)[C@H](CCCNC(=N)N)C(NO)[C@@H]1CCCN1C(=O)[C@@H]1CCCN1C(=O)[C@H](CCCCN)C(NO)[C@@H](N)[C@@H](C)O)C(CC(CCCOCCOCCOCCCN(C)CO)NO)NO. The van der Waals surface area contributed by atoms with E-state index in [-0.39, 0.29) is 121 Å². The standard InChI is InChI=1S/C72H149N23O18/c1-46(97)60(75)65(89-109)52(20-6-8-29-73)67(99)94-36-14-27-58(94)69(101)92-34-12-25-56(92)63(87-107)49(22-10-31-81-71(77)78)54(84-104)24-5-4-19-50(55(85-105)44-48(83-103)18-16-38-111-40-42-113-43-41-112-39-17-33-91(3)45-96)62(86-106)51(23-11-32-82-72(79)80)64(88-108)57-26-13-35-93(57)70(102)59-28-15-37-95(59)68(100)53(21-7-9-30-74)66(90-110)61(76)47(2)98/h46-66,83-90,96-98,103-110H,4-45,73-76H2,1-3H3,(H4,77,78,81)(H4,79,80,82)/t46-,47-,48?,49+,50-,51?,52-,53-,54?,55?,56+,57+,58+,59+,60+,61+,62?,63?,64?,65?,66?/m1/s1. The monoisotopic (exact) mass is 1620 g/mol. The third kappa shape index (κ3) is 32.2. The summed E-state index contributed by atoms with van der Waals surface area (Å²) in [4.78, 5) is 68.3. The molecule has 0 aliphatic carbocycles. The van der Waals surface area contributed by atoms with Crippen LogP contribution in [0.4, 0.5) is 0 Å². The van der Waals surface area contributed by atoms with Crippen LogP contribution in [-0.2, 0) is 33.4 Å². The number of hydrogen-bond acceptors (Lipinski definition) is 33. The molecule has 4 rings (SSSR count).